The van der Waals surface area contributed by atoms with Gasteiger partial charge in [-0.2, -0.15) is 5.10 Å². The minimum absolute atomic E-state index is 0.561. The second-order valence-corrected chi connectivity index (χ2v) is 3.55. The highest BCUT2D eigenvalue weighted by Gasteiger charge is 2.23. The van der Waals surface area contributed by atoms with E-state index in [1.165, 1.54) is 25.1 Å². The van der Waals surface area contributed by atoms with E-state index in [0.717, 1.165) is 0 Å². The van der Waals surface area contributed by atoms with E-state index in [2.05, 4.69) is 23.1 Å². The molecule has 1 saturated heterocycles. The number of likely N-dealkylation sites (tertiary alicyclic amines) is 1. The standard InChI is InChI=1S/C9H15N3/c1-11-6-3-4-9(11)8-5-7-12(2)10-8/h5,7,9H,3-4,6H2,1-2H3. The summed E-state index contributed by atoms with van der Waals surface area (Å²) in [5.41, 5.74) is 1.22. The Hall–Kier alpha value is -0.830. The van der Waals surface area contributed by atoms with Gasteiger partial charge in [-0.25, -0.2) is 0 Å². The second kappa shape index (κ2) is 2.90. The molecule has 0 aromatic carbocycles. The Morgan fingerprint density at radius 3 is 2.83 bits per heavy atom. The van der Waals surface area contributed by atoms with Crippen LogP contribution >= 0.6 is 0 Å². The monoisotopic (exact) mass is 165 g/mol. The van der Waals surface area contributed by atoms with Crippen LogP contribution in [0.15, 0.2) is 12.3 Å². The summed E-state index contributed by atoms with van der Waals surface area (Å²) >= 11 is 0. The summed E-state index contributed by atoms with van der Waals surface area (Å²) in [7, 11) is 4.14. The van der Waals surface area contributed by atoms with Gasteiger partial charge in [0.05, 0.1) is 11.7 Å². The fourth-order valence-corrected chi connectivity index (χ4v) is 1.89. The maximum Gasteiger partial charge on any atom is 0.0795 e. The third-order valence-corrected chi connectivity index (χ3v) is 2.60. The van der Waals surface area contributed by atoms with Crippen LogP contribution in [0.2, 0.25) is 0 Å². The average Bonchev–Trinajstić information content (AvgIpc) is 2.58. The first-order valence-electron chi connectivity index (χ1n) is 4.47. The molecule has 1 aliphatic heterocycles. The average molecular weight is 165 g/mol. The van der Waals surface area contributed by atoms with E-state index in [1.54, 1.807) is 0 Å². The van der Waals surface area contributed by atoms with Crippen LogP contribution in [0.5, 0.6) is 0 Å². The van der Waals surface area contributed by atoms with Gasteiger partial charge in [0.2, 0.25) is 0 Å². The van der Waals surface area contributed by atoms with Gasteiger partial charge in [-0.05, 0) is 32.5 Å². The molecule has 2 heterocycles. The minimum atomic E-state index is 0.561. The van der Waals surface area contributed by atoms with Gasteiger partial charge >= 0.3 is 0 Å². The van der Waals surface area contributed by atoms with Crippen LogP contribution in [0.4, 0.5) is 0 Å². The molecule has 3 nitrogen and oxygen atoms in total. The zero-order valence-electron chi connectivity index (χ0n) is 7.70. The third-order valence-electron chi connectivity index (χ3n) is 2.60. The molecule has 12 heavy (non-hydrogen) atoms. The highest BCUT2D eigenvalue weighted by molar-refractivity contribution is 5.07. The van der Waals surface area contributed by atoms with Gasteiger partial charge in [0.25, 0.3) is 0 Å². The Morgan fingerprint density at radius 1 is 1.50 bits per heavy atom. The Bertz CT molecular complexity index is 266. The maximum absolute atomic E-state index is 4.42. The van der Waals surface area contributed by atoms with E-state index in [1.807, 2.05) is 17.9 Å². The molecule has 1 unspecified atom stereocenters. The molecule has 0 amide bonds. The van der Waals surface area contributed by atoms with E-state index < -0.39 is 0 Å². The fraction of sp³-hybridized carbons (Fsp3) is 0.667. The van der Waals surface area contributed by atoms with Gasteiger partial charge in [0, 0.05) is 13.2 Å². The molecule has 0 spiro atoms. The van der Waals surface area contributed by atoms with Gasteiger partial charge in [-0.15, -0.1) is 0 Å². The van der Waals surface area contributed by atoms with Gasteiger partial charge in [0.15, 0.2) is 0 Å². The predicted molar refractivity (Wildman–Crippen MR) is 47.8 cm³/mol. The van der Waals surface area contributed by atoms with Crippen LogP contribution in [0.1, 0.15) is 24.6 Å². The zero-order valence-corrected chi connectivity index (χ0v) is 7.70. The molecule has 1 aromatic rings. The normalized spacial score (nSPS) is 25.0. The summed E-state index contributed by atoms with van der Waals surface area (Å²) < 4.78 is 1.88. The van der Waals surface area contributed by atoms with Crippen LogP contribution < -0.4 is 0 Å². The summed E-state index contributed by atoms with van der Waals surface area (Å²) in [5, 5.41) is 4.42. The molecule has 3 heteroatoms. The number of rotatable bonds is 1. The Balaban J connectivity index is 2.19. The van der Waals surface area contributed by atoms with E-state index in [0.29, 0.717) is 6.04 Å². The molecule has 1 atom stereocenters. The van der Waals surface area contributed by atoms with Crippen molar-refractivity contribution >= 4 is 0 Å². The van der Waals surface area contributed by atoms with Crippen molar-refractivity contribution in [2.24, 2.45) is 7.05 Å². The zero-order chi connectivity index (χ0) is 8.55. The Morgan fingerprint density at radius 2 is 2.33 bits per heavy atom. The molecule has 0 aliphatic carbocycles. The van der Waals surface area contributed by atoms with Crippen LogP contribution in [-0.4, -0.2) is 28.3 Å². The quantitative estimate of drug-likeness (QED) is 0.623. The van der Waals surface area contributed by atoms with Crippen molar-refractivity contribution in [3.63, 3.8) is 0 Å². The van der Waals surface area contributed by atoms with Crippen molar-refractivity contribution in [3.8, 4) is 0 Å². The molecule has 1 aromatic heterocycles. The largest absolute Gasteiger partial charge is 0.298 e. The van der Waals surface area contributed by atoms with Crippen molar-refractivity contribution in [2.45, 2.75) is 18.9 Å². The SMILES string of the molecule is CN1CCCC1c1ccn(C)n1. The summed E-state index contributed by atoms with van der Waals surface area (Å²) in [6.45, 7) is 1.21. The molecule has 0 N–H and O–H groups in total. The first-order chi connectivity index (χ1) is 5.77. The van der Waals surface area contributed by atoms with Crippen LogP contribution in [0, 0.1) is 0 Å². The maximum atomic E-state index is 4.42. The first-order valence-corrected chi connectivity index (χ1v) is 4.47. The molecule has 0 radical (unpaired) electrons. The number of hydrogen-bond donors (Lipinski definition) is 0. The minimum Gasteiger partial charge on any atom is -0.298 e. The molecule has 2 rings (SSSR count). The van der Waals surface area contributed by atoms with Crippen molar-refractivity contribution in [3.05, 3.63) is 18.0 Å². The molecule has 0 saturated carbocycles. The number of nitrogens with zero attached hydrogens (tertiary/aromatic N) is 3. The highest BCUT2D eigenvalue weighted by Crippen LogP contribution is 2.28. The van der Waals surface area contributed by atoms with Crippen LogP contribution in [0.25, 0.3) is 0 Å². The first kappa shape index (κ1) is 7.80. The van der Waals surface area contributed by atoms with Gasteiger partial charge < -0.3 is 0 Å². The summed E-state index contributed by atoms with van der Waals surface area (Å²) in [4.78, 5) is 2.38. The van der Waals surface area contributed by atoms with E-state index >= 15 is 0 Å². The summed E-state index contributed by atoms with van der Waals surface area (Å²) in [5.74, 6) is 0. The molecular formula is C9H15N3. The number of hydrogen-bond acceptors (Lipinski definition) is 2. The second-order valence-electron chi connectivity index (χ2n) is 3.55. The van der Waals surface area contributed by atoms with Crippen molar-refractivity contribution < 1.29 is 0 Å². The lowest BCUT2D eigenvalue weighted by atomic mass is 10.1. The number of aromatic nitrogens is 2. The summed E-state index contributed by atoms with van der Waals surface area (Å²) in [6, 6.07) is 2.68. The van der Waals surface area contributed by atoms with Gasteiger partial charge in [0.1, 0.15) is 0 Å². The van der Waals surface area contributed by atoms with Crippen LogP contribution in [0.3, 0.4) is 0 Å². The Labute approximate surface area is 73.0 Å². The molecule has 66 valence electrons. The lowest BCUT2D eigenvalue weighted by molar-refractivity contribution is 0.310. The molecule has 1 fully saturated rings. The van der Waals surface area contributed by atoms with Gasteiger partial charge in [-0.1, -0.05) is 0 Å². The molecular weight excluding hydrogens is 150 g/mol. The van der Waals surface area contributed by atoms with E-state index in [-0.39, 0.29) is 0 Å². The van der Waals surface area contributed by atoms with E-state index in [9.17, 15) is 0 Å². The van der Waals surface area contributed by atoms with Crippen LogP contribution in [-0.2, 0) is 7.05 Å². The van der Waals surface area contributed by atoms with E-state index in [4.69, 9.17) is 0 Å². The lowest BCUT2D eigenvalue weighted by Gasteiger charge is -2.16. The van der Waals surface area contributed by atoms with Gasteiger partial charge in [-0.3, -0.25) is 9.58 Å². The van der Waals surface area contributed by atoms with Crippen molar-refractivity contribution in [2.75, 3.05) is 13.6 Å². The molecule has 0 bridgehead atoms. The lowest BCUT2D eigenvalue weighted by Crippen LogP contribution is -2.17. The number of aryl methyl sites for hydroxylation is 1. The third kappa shape index (κ3) is 1.25. The van der Waals surface area contributed by atoms with Crippen molar-refractivity contribution in [1.29, 1.82) is 0 Å². The Kier molecular flexibility index (Phi) is 1.89. The topological polar surface area (TPSA) is 21.1 Å². The fourth-order valence-electron chi connectivity index (χ4n) is 1.89. The highest BCUT2D eigenvalue weighted by atomic mass is 15.3. The summed E-state index contributed by atoms with van der Waals surface area (Å²) in [6.07, 6.45) is 4.58. The smallest absolute Gasteiger partial charge is 0.0795 e. The predicted octanol–water partition coefficient (Wildman–Crippen LogP) is 1.19. The van der Waals surface area contributed by atoms with Crippen molar-refractivity contribution in [1.82, 2.24) is 14.7 Å². The molecule has 1 aliphatic rings.